The van der Waals surface area contributed by atoms with Crippen LogP contribution < -0.4 is 10.6 Å². The van der Waals surface area contributed by atoms with Gasteiger partial charge in [0.25, 0.3) is 11.8 Å². The number of hydrogen-bond donors (Lipinski definition) is 2. The van der Waals surface area contributed by atoms with Gasteiger partial charge in [-0.05, 0) is 61.4 Å². The molecule has 0 radical (unpaired) electrons. The van der Waals surface area contributed by atoms with Crippen LogP contribution in [0.15, 0.2) is 48.5 Å². The molecule has 1 saturated carbocycles. The molecule has 0 aliphatic heterocycles. The quantitative estimate of drug-likeness (QED) is 0.911. The highest BCUT2D eigenvalue weighted by Crippen LogP contribution is 2.19. The molecule has 0 bridgehead atoms. The minimum atomic E-state index is -0.387. The fraction of sp³-hybridized carbons (Fsp3) is 0.176. The van der Waals surface area contributed by atoms with Crippen molar-refractivity contribution in [3.05, 3.63) is 65.5 Å². The van der Waals surface area contributed by atoms with Crippen LogP contribution in [-0.2, 0) is 0 Å². The van der Waals surface area contributed by atoms with Gasteiger partial charge < -0.3 is 10.6 Å². The molecular weight excluding hydrogens is 283 g/mol. The highest BCUT2D eigenvalue weighted by Gasteiger charge is 2.23. The average Bonchev–Trinajstić information content (AvgIpc) is 3.32. The summed E-state index contributed by atoms with van der Waals surface area (Å²) >= 11 is 0. The number of rotatable bonds is 4. The van der Waals surface area contributed by atoms with Crippen molar-refractivity contribution < 1.29 is 14.0 Å². The number of benzene rings is 2. The lowest BCUT2D eigenvalue weighted by Crippen LogP contribution is -2.25. The van der Waals surface area contributed by atoms with Gasteiger partial charge in [-0.1, -0.05) is 0 Å². The highest BCUT2D eigenvalue weighted by atomic mass is 19.1. The average molecular weight is 298 g/mol. The van der Waals surface area contributed by atoms with E-state index >= 15 is 0 Å². The predicted octanol–water partition coefficient (Wildman–Crippen LogP) is 2.97. The fourth-order valence-corrected chi connectivity index (χ4v) is 2.01. The topological polar surface area (TPSA) is 58.2 Å². The van der Waals surface area contributed by atoms with Crippen LogP contribution >= 0.6 is 0 Å². The third kappa shape index (κ3) is 3.49. The molecule has 2 amide bonds. The molecule has 1 fully saturated rings. The number of nitrogens with one attached hydrogen (secondary N) is 2. The van der Waals surface area contributed by atoms with Gasteiger partial charge in [-0.15, -0.1) is 0 Å². The SMILES string of the molecule is O=C(Nc1ccc(C(=O)NC2CC2)cc1)c1ccc(F)cc1. The summed E-state index contributed by atoms with van der Waals surface area (Å²) < 4.78 is 12.8. The number of amides is 2. The fourth-order valence-electron chi connectivity index (χ4n) is 2.01. The molecule has 0 aromatic heterocycles. The lowest BCUT2D eigenvalue weighted by atomic mass is 10.1. The van der Waals surface area contributed by atoms with Crippen molar-refractivity contribution in [3.63, 3.8) is 0 Å². The first-order valence-corrected chi connectivity index (χ1v) is 7.10. The van der Waals surface area contributed by atoms with E-state index in [1.165, 1.54) is 24.3 Å². The van der Waals surface area contributed by atoms with E-state index in [9.17, 15) is 14.0 Å². The zero-order valence-corrected chi connectivity index (χ0v) is 11.8. The summed E-state index contributed by atoms with van der Waals surface area (Å²) in [5.74, 6) is -0.809. The molecule has 4 nitrogen and oxygen atoms in total. The summed E-state index contributed by atoms with van der Waals surface area (Å²) in [6.07, 6.45) is 2.08. The van der Waals surface area contributed by atoms with Crippen molar-refractivity contribution in [3.8, 4) is 0 Å². The van der Waals surface area contributed by atoms with Crippen molar-refractivity contribution in [2.45, 2.75) is 18.9 Å². The molecule has 0 saturated heterocycles. The number of hydrogen-bond acceptors (Lipinski definition) is 2. The van der Waals surface area contributed by atoms with E-state index in [1.54, 1.807) is 24.3 Å². The summed E-state index contributed by atoms with van der Waals surface area (Å²) in [4.78, 5) is 23.8. The second-order valence-corrected chi connectivity index (χ2v) is 5.29. The van der Waals surface area contributed by atoms with Gasteiger partial charge in [-0.3, -0.25) is 9.59 Å². The molecule has 1 aliphatic carbocycles. The molecule has 1 aliphatic rings. The van der Waals surface area contributed by atoms with E-state index in [4.69, 9.17) is 0 Å². The Morgan fingerprint density at radius 1 is 0.864 bits per heavy atom. The first-order valence-electron chi connectivity index (χ1n) is 7.10. The molecule has 5 heteroatoms. The summed E-state index contributed by atoms with van der Waals surface area (Å²) in [7, 11) is 0. The molecule has 112 valence electrons. The summed E-state index contributed by atoms with van der Waals surface area (Å²) in [5.41, 5.74) is 1.51. The molecular formula is C17H15FN2O2. The summed E-state index contributed by atoms with van der Waals surface area (Å²) in [5, 5.41) is 5.60. The monoisotopic (exact) mass is 298 g/mol. The van der Waals surface area contributed by atoms with Crippen LogP contribution in [0.1, 0.15) is 33.6 Å². The van der Waals surface area contributed by atoms with Gasteiger partial charge >= 0.3 is 0 Å². The summed E-state index contributed by atoms with van der Waals surface area (Å²) in [6, 6.07) is 12.3. The Bertz CT molecular complexity index is 692. The Morgan fingerprint density at radius 2 is 1.41 bits per heavy atom. The van der Waals surface area contributed by atoms with Gasteiger partial charge in [-0.2, -0.15) is 0 Å². The molecule has 2 aromatic rings. The third-order valence-electron chi connectivity index (χ3n) is 3.42. The Kier molecular flexibility index (Phi) is 3.87. The van der Waals surface area contributed by atoms with E-state index in [2.05, 4.69) is 10.6 Å². The lowest BCUT2D eigenvalue weighted by Gasteiger charge is -2.07. The minimum absolute atomic E-state index is 0.0982. The highest BCUT2D eigenvalue weighted by molar-refractivity contribution is 6.04. The maximum absolute atomic E-state index is 12.8. The van der Waals surface area contributed by atoms with Gasteiger partial charge in [0.1, 0.15) is 5.82 Å². The Morgan fingerprint density at radius 3 is 2.00 bits per heavy atom. The van der Waals surface area contributed by atoms with Crippen molar-refractivity contribution in [1.29, 1.82) is 0 Å². The van der Waals surface area contributed by atoms with Gasteiger partial charge in [0, 0.05) is 22.9 Å². The van der Waals surface area contributed by atoms with E-state index in [-0.39, 0.29) is 17.6 Å². The van der Waals surface area contributed by atoms with Gasteiger partial charge in [0.2, 0.25) is 0 Å². The second-order valence-electron chi connectivity index (χ2n) is 5.29. The Hall–Kier alpha value is -2.69. The van der Waals surface area contributed by atoms with Crippen LogP contribution in [0, 0.1) is 5.82 Å². The van der Waals surface area contributed by atoms with Crippen LogP contribution in [-0.4, -0.2) is 17.9 Å². The smallest absolute Gasteiger partial charge is 0.255 e. The van der Waals surface area contributed by atoms with Crippen LogP contribution in [0.2, 0.25) is 0 Å². The molecule has 2 N–H and O–H groups in total. The largest absolute Gasteiger partial charge is 0.349 e. The van der Waals surface area contributed by atoms with Crippen LogP contribution in [0.3, 0.4) is 0 Å². The van der Waals surface area contributed by atoms with Crippen molar-refractivity contribution in [2.75, 3.05) is 5.32 Å². The molecule has 0 atom stereocenters. The number of carbonyl (C=O) groups excluding carboxylic acids is 2. The Labute approximate surface area is 127 Å². The zero-order valence-electron chi connectivity index (χ0n) is 11.8. The van der Waals surface area contributed by atoms with Crippen molar-refractivity contribution in [1.82, 2.24) is 5.32 Å². The number of anilines is 1. The maximum atomic E-state index is 12.8. The van der Waals surface area contributed by atoms with Crippen LogP contribution in [0.25, 0.3) is 0 Å². The normalized spacial score (nSPS) is 13.5. The molecule has 2 aromatic carbocycles. The Balaban J connectivity index is 1.63. The van der Waals surface area contributed by atoms with E-state index in [0.717, 1.165) is 12.8 Å². The molecule has 0 heterocycles. The van der Waals surface area contributed by atoms with Gasteiger partial charge in [0.15, 0.2) is 0 Å². The van der Waals surface area contributed by atoms with E-state index in [0.29, 0.717) is 22.9 Å². The van der Waals surface area contributed by atoms with Gasteiger partial charge in [-0.25, -0.2) is 4.39 Å². The maximum Gasteiger partial charge on any atom is 0.255 e. The summed E-state index contributed by atoms with van der Waals surface area (Å²) in [6.45, 7) is 0. The van der Waals surface area contributed by atoms with Crippen molar-refractivity contribution in [2.24, 2.45) is 0 Å². The van der Waals surface area contributed by atoms with Gasteiger partial charge in [0.05, 0.1) is 0 Å². The van der Waals surface area contributed by atoms with E-state index < -0.39 is 0 Å². The first kappa shape index (κ1) is 14.3. The third-order valence-corrected chi connectivity index (χ3v) is 3.42. The van der Waals surface area contributed by atoms with E-state index in [1.807, 2.05) is 0 Å². The second kappa shape index (κ2) is 5.97. The standard InChI is InChI=1S/C17H15FN2O2/c18-13-5-1-11(2-6-13)16(21)19-14-7-3-12(4-8-14)17(22)20-15-9-10-15/h1-8,15H,9-10H2,(H,19,21)(H,20,22). The number of halogens is 1. The zero-order chi connectivity index (χ0) is 15.5. The van der Waals surface area contributed by atoms with Crippen LogP contribution in [0.5, 0.6) is 0 Å². The molecule has 22 heavy (non-hydrogen) atoms. The predicted molar refractivity (Wildman–Crippen MR) is 81.3 cm³/mol. The van der Waals surface area contributed by atoms with Crippen molar-refractivity contribution >= 4 is 17.5 Å². The first-order chi connectivity index (χ1) is 10.6. The molecule has 3 rings (SSSR count). The van der Waals surface area contributed by atoms with Crippen LogP contribution in [0.4, 0.5) is 10.1 Å². The molecule has 0 unspecified atom stereocenters. The lowest BCUT2D eigenvalue weighted by molar-refractivity contribution is 0.0950. The minimum Gasteiger partial charge on any atom is -0.349 e. The molecule has 0 spiro atoms. The number of carbonyl (C=O) groups is 2.